The summed E-state index contributed by atoms with van der Waals surface area (Å²) in [6.45, 7) is 5.79. The Hall–Kier alpha value is -3.19. The average Bonchev–Trinajstić information content (AvgIpc) is 3.20. The van der Waals surface area contributed by atoms with E-state index >= 15 is 0 Å². The Kier molecular flexibility index (Phi) is 8.60. The lowest BCUT2D eigenvalue weighted by molar-refractivity contribution is -0.130. The van der Waals surface area contributed by atoms with Crippen LogP contribution in [0.2, 0.25) is 0 Å². The Morgan fingerprint density at radius 1 is 1.10 bits per heavy atom. The summed E-state index contributed by atoms with van der Waals surface area (Å²) in [5.74, 6) is 1.20. The van der Waals surface area contributed by atoms with E-state index in [1.54, 1.807) is 14.0 Å². The van der Waals surface area contributed by atoms with Crippen LogP contribution < -0.4 is 15.4 Å². The minimum Gasteiger partial charge on any atom is -0.497 e. The zero-order valence-electron chi connectivity index (χ0n) is 24.2. The molecule has 2 saturated heterocycles. The normalized spacial score (nSPS) is 24.3. The monoisotopic (exact) mass is 544 g/mol. The summed E-state index contributed by atoms with van der Waals surface area (Å²) in [7, 11) is 1.69. The van der Waals surface area contributed by atoms with Crippen LogP contribution in [0, 0.1) is 17.2 Å². The molecule has 1 aliphatic carbocycles. The van der Waals surface area contributed by atoms with Crippen molar-refractivity contribution < 1.29 is 14.3 Å². The molecule has 214 valence electrons. The predicted octanol–water partition coefficient (Wildman–Crippen LogP) is 5.41. The summed E-state index contributed by atoms with van der Waals surface area (Å²) in [4.78, 5) is 27.5. The molecule has 7 heteroatoms. The Labute approximate surface area is 238 Å². The number of amidine groups is 1. The van der Waals surface area contributed by atoms with E-state index in [9.17, 15) is 9.59 Å². The first kappa shape index (κ1) is 28.3. The maximum Gasteiger partial charge on any atom is 0.219 e. The molecule has 3 N–H and O–H groups in total. The van der Waals surface area contributed by atoms with Crippen LogP contribution in [-0.2, 0) is 21.7 Å². The number of benzene rings is 2. The Balaban J connectivity index is 1.35. The first-order valence-electron chi connectivity index (χ1n) is 15.0. The zero-order chi connectivity index (χ0) is 28.3. The van der Waals surface area contributed by atoms with Crippen LogP contribution in [0.1, 0.15) is 76.3 Å². The number of hydrogen-bond donors (Lipinski definition) is 3. The van der Waals surface area contributed by atoms with Gasteiger partial charge in [0.25, 0.3) is 0 Å². The van der Waals surface area contributed by atoms with Crippen LogP contribution in [0.3, 0.4) is 0 Å². The van der Waals surface area contributed by atoms with E-state index in [4.69, 9.17) is 10.1 Å². The Morgan fingerprint density at radius 2 is 1.85 bits per heavy atom. The first-order valence-corrected chi connectivity index (χ1v) is 15.0. The van der Waals surface area contributed by atoms with Crippen molar-refractivity contribution >= 4 is 17.5 Å². The Bertz CT molecular complexity index is 1250. The maximum atomic E-state index is 13.9. The molecule has 0 aromatic heterocycles. The van der Waals surface area contributed by atoms with Gasteiger partial charge in [0.05, 0.1) is 13.0 Å². The van der Waals surface area contributed by atoms with Gasteiger partial charge < -0.3 is 20.3 Å². The molecule has 2 aliphatic heterocycles. The van der Waals surface area contributed by atoms with Crippen LogP contribution in [0.25, 0.3) is 11.1 Å². The van der Waals surface area contributed by atoms with Gasteiger partial charge in [0, 0.05) is 32.6 Å². The molecule has 1 amide bonds. The molecule has 0 spiro atoms. The van der Waals surface area contributed by atoms with Crippen molar-refractivity contribution in [3.05, 3.63) is 53.6 Å². The van der Waals surface area contributed by atoms with E-state index in [0.29, 0.717) is 24.2 Å². The largest absolute Gasteiger partial charge is 0.497 e. The number of amides is 1. The minimum atomic E-state index is -0.947. The van der Waals surface area contributed by atoms with Crippen LogP contribution in [0.5, 0.6) is 5.75 Å². The van der Waals surface area contributed by atoms with Gasteiger partial charge in [0.15, 0.2) is 5.78 Å². The zero-order valence-corrected chi connectivity index (χ0v) is 24.2. The van der Waals surface area contributed by atoms with E-state index in [0.717, 1.165) is 54.9 Å². The molecule has 2 unspecified atom stereocenters. The molecule has 3 aliphatic rings. The number of methoxy groups -OCH3 is 1. The van der Waals surface area contributed by atoms with Gasteiger partial charge in [-0.1, -0.05) is 43.5 Å². The average molecular weight is 545 g/mol. The summed E-state index contributed by atoms with van der Waals surface area (Å²) < 4.78 is 5.58. The standard InChI is InChI=1S/C33H44N4O3/c1-22(38)37-16-14-23(15-17-37)18-30-31(39)33(2,36-32(30)34)26-9-7-8-24(19-26)29-20-28(40-3)13-12-25(29)21-35-27-10-5-4-6-11-27/h7-9,12-13,19-20,23,27,30,35H,4-6,10-11,14-18,21H2,1-3H3,(H2,34,36). The number of ether oxygens (including phenoxy) is 1. The highest BCUT2D eigenvalue weighted by atomic mass is 16.5. The topological polar surface area (TPSA) is 94.5 Å². The molecule has 7 nitrogen and oxygen atoms in total. The van der Waals surface area contributed by atoms with E-state index in [-0.39, 0.29) is 11.7 Å². The molecule has 2 aromatic carbocycles. The molecule has 2 atom stereocenters. The van der Waals surface area contributed by atoms with E-state index in [1.165, 1.54) is 37.7 Å². The van der Waals surface area contributed by atoms with E-state index in [1.807, 2.05) is 30.0 Å². The van der Waals surface area contributed by atoms with Crippen LogP contribution >= 0.6 is 0 Å². The number of carbonyl (C=O) groups excluding carboxylic acids is 2. The molecule has 40 heavy (non-hydrogen) atoms. The van der Waals surface area contributed by atoms with Crippen molar-refractivity contribution in [3.8, 4) is 16.9 Å². The fourth-order valence-electron chi connectivity index (χ4n) is 6.82. The second-order valence-corrected chi connectivity index (χ2v) is 12.1. The third-order valence-corrected chi connectivity index (χ3v) is 9.43. The SMILES string of the molecule is COc1ccc(CNC2CCCCC2)c(-c2cccc(C3(C)NC(=N)C(CC4CCN(C(C)=O)CC4)C3=O)c2)c1. The molecule has 0 radical (unpaired) electrons. The molecule has 3 fully saturated rings. The van der Waals surface area contributed by atoms with Crippen molar-refractivity contribution in [3.63, 3.8) is 0 Å². The van der Waals surface area contributed by atoms with Gasteiger partial charge in [0.2, 0.25) is 5.91 Å². The van der Waals surface area contributed by atoms with Gasteiger partial charge in [-0.3, -0.25) is 15.0 Å². The highest BCUT2D eigenvalue weighted by Crippen LogP contribution is 2.38. The van der Waals surface area contributed by atoms with E-state index in [2.05, 4.69) is 34.9 Å². The lowest BCUT2D eigenvalue weighted by atomic mass is 9.80. The lowest BCUT2D eigenvalue weighted by Gasteiger charge is -2.32. The van der Waals surface area contributed by atoms with Crippen LogP contribution in [0.4, 0.5) is 0 Å². The third kappa shape index (κ3) is 5.95. The van der Waals surface area contributed by atoms with Gasteiger partial charge in [-0.05, 0) is 85.4 Å². The van der Waals surface area contributed by atoms with E-state index < -0.39 is 11.5 Å². The Morgan fingerprint density at radius 3 is 2.55 bits per heavy atom. The van der Waals surface area contributed by atoms with Gasteiger partial charge in [0.1, 0.15) is 17.1 Å². The predicted molar refractivity (Wildman–Crippen MR) is 158 cm³/mol. The van der Waals surface area contributed by atoms with Crippen molar-refractivity contribution in [2.75, 3.05) is 20.2 Å². The highest BCUT2D eigenvalue weighted by molar-refractivity contribution is 6.14. The lowest BCUT2D eigenvalue weighted by Crippen LogP contribution is -2.40. The summed E-state index contributed by atoms with van der Waals surface area (Å²) in [6.07, 6.45) is 8.82. The van der Waals surface area contributed by atoms with Crippen LogP contribution in [-0.4, -0.2) is 48.7 Å². The fourth-order valence-corrected chi connectivity index (χ4v) is 6.82. The second-order valence-electron chi connectivity index (χ2n) is 12.1. The summed E-state index contributed by atoms with van der Waals surface area (Å²) in [5, 5.41) is 15.8. The number of piperidine rings is 1. The quantitative estimate of drug-likeness (QED) is 0.413. The first-order chi connectivity index (χ1) is 19.3. The van der Waals surface area contributed by atoms with Gasteiger partial charge >= 0.3 is 0 Å². The second kappa shape index (κ2) is 12.1. The number of Topliss-reactive ketones (excluding diaryl/α,β-unsaturated/α-hetero) is 1. The number of ketones is 1. The molecule has 2 aromatic rings. The number of nitrogens with one attached hydrogen (secondary N) is 3. The molecular weight excluding hydrogens is 500 g/mol. The fraction of sp³-hybridized carbons (Fsp3) is 0.545. The van der Waals surface area contributed by atoms with Crippen LogP contribution in [0.15, 0.2) is 42.5 Å². The number of rotatable bonds is 8. The summed E-state index contributed by atoms with van der Waals surface area (Å²) in [5.41, 5.74) is 3.28. The van der Waals surface area contributed by atoms with Gasteiger partial charge in [-0.15, -0.1) is 0 Å². The number of carbonyl (C=O) groups is 2. The number of likely N-dealkylation sites (tertiary alicyclic amines) is 1. The molecular formula is C33H44N4O3. The number of nitrogens with zero attached hydrogens (tertiary/aromatic N) is 1. The van der Waals surface area contributed by atoms with Gasteiger partial charge in [-0.25, -0.2) is 0 Å². The summed E-state index contributed by atoms with van der Waals surface area (Å²) in [6, 6.07) is 15.0. The minimum absolute atomic E-state index is 0.0634. The smallest absolute Gasteiger partial charge is 0.219 e. The molecule has 1 saturated carbocycles. The van der Waals surface area contributed by atoms with Crippen molar-refractivity contribution in [2.45, 2.75) is 83.3 Å². The molecule has 0 bridgehead atoms. The van der Waals surface area contributed by atoms with Gasteiger partial charge in [-0.2, -0.15) is 0 Å². The van der Waals surface area contributed by atoms with Crippen molar-refractivity contribution in [1.29, 1.82) is 5.41 Å². The molecule has 2 heterocycles. The van der Waals surface area contributed by atoms with Crippen molar-refractivity contribution in [1.82, 2.24) is 15.5 Å². The molecule has 5 rings (SSSR count). The highest BCUT2D eigenvalue weighted by Gasteiger charge is 2.49. The maximum absolute atomic E-state index is 13.9. The summed E-state index contributed by atoms with van der Waals surface area (Å²) >= 11 is 0. The number of hydrogen-bond acceptors (Lipinski definition) is 5. The van der Waals surface area contributed by atoms with Crippen molar-refractivity contribution in [2.24, 2.45) is 11.8 Å². The third-order valence-electron chi connectivity index (χ3n) is 9.43.